The van der Waals surface area contributed by atoms with Crippen LogP contribution < -0.4 is 10.1 Å². The van der Waals surface area contributed by atoms with E-state index in [9.17, 15) is 4.79 Å². The van der Waals surface area contributed by atoms with Crippen LogP contribution in [0.3, 0.4) is 0 Å². The Hall–Kier alpha value is -3.31. The number of para-hydroxylation sites is 2. The average Bonchev–Trinajstić information content (AvgIpc) is 3.20. The van der Waals surface area contributed by atoms with Gasteiger partial charge in [-0.1, -0.05) is 48.0 Å². The Morgan fingerprint density at radius 2 is 1.80 bits per heavy atom. The van der Waals surface area contributed by atoms with Crippen molar-refractivity contribution in [3.8, 4) is 5.75 Å². The maximum atomic E-state index is 12.3. The molecule has 1 aromatic heterocycles. The van der Waals surface area contributed by atoms with E-state index in [1.54, 1.807) is 0 Å². The fourth-order valence-corrected chi connectivity index (χ4v) is 4.34. The first-order valence-electron chi connectivity index (χ1n) is 12.2. The number of fused-ring (bicyclic) bond motifs is 1. The largest absolute Gasteiger partial charge is 0.494 e. The Morgan fingerprint density at radius 3 is 2.63 bits per heavy atom. The second kappa shape index (κ2) is 11.9. The molecule has 0 saturated carbocycles. The van der Waals surface area contributed by atoms with Gasteiger partial charge in [-0.25, -0.2) is 4.98 Å². The molecule has 4 aromatic rings. The van der Waals surface area contributed by atoms with Crippen molar-refractivity contribution in [1.29, 1.82) is 0 Å². The summed E-state index contributed by atoms with van der Waals surface area (Å²) in [6, 6.07) is 21.9. The average molecular weight is 490 g/mol. The van der Waals surface area contributed by atoms with E-state index in [1.165, 1.54) is 11.1 Å². The van der Waals surface area contributed by atoms with E-state index in [1.807, 2.05) is 48.5 Å². The first kappa shape index (κ1) is 24.8. The van der Waals surface area contributed by atoms with Crippen LogP contribution in [0.1, 0.15) is 35.4 Å². The number of rotatable bonds is 11. The number of ether oxygens (including phenoxy) is 1. The van der Waals surface area contributed by atoms with Crippen LogP contribution >= 0.6 is 11.6 Å². The first-order chi connectivity index (χ1) is 17.0. The Labute approximate surface area is 212 Å². The van der Waals surface area contributed by atoms with Crippen molar-refractivity contribution in [2.45, 2.75) is 46.1 Å². The standard InChI is InChI=1S/C29H32ClN3O2/c1-21-14-15-24(19-22(21)2)35-18-8-17-33-27-12-6-5-11-26(27)32-28(33)13-7-16-31-29(34)20-23-9-3-4-10-25(23)30/h3-6,9-12,14-15,19H,7-8,13,16-18,20H2,1-2H3,(H,31,34). The van der Waals surface area contributed by atoms with E-state index in [0.717, 1.165) is 54.0 Å². The SMILES string of the molecule is Cc1ccc(OCCCn2c(CCCNC(=O)Cc3ccccc3Cl)nc3ccccc32)cc1C. The van der Waals surface area contributed by atoms with Gasteiger partial charge in [-0.05, 0) is 73.7 Å². The predicted molar refractivity (Wildman–Crippen MR) is 142 cm³/mol. The van der Waals surface area contributed by atoms with Gasteiger partial charge in [0.25, 0.3) is 0 Å². The number of nitrogens with zero attached hydrogens (tertiary/aromatic N) is 2. The van der Waals surface area contributed by atoms with E-state index >= 15 is 0 Å². The molecule has 1 amide bonds. The number of imidazole rings is 1. The number of hydrogen-bond acceptors (Lipinski definition) is 3. The molecule has 0 bridgehead atoms. The van der Waals surface area contributed by atoms with Crippen LogP contribution in [0.15, 0.2) is 66.7 Å². The molecule has 0 aliphatic rings. The van der Waals surface area contributed by atoms with Gasteiger partial charge in [0.1, 0.15) is 11.6 Å². The molecule has 6 heteroatoms. The zero-order chi connectivity index (χ0) is 24.6. The Balaban J connectivity index is 1.30. The lowest BCUT2D eigenvalue weighted by Gasteiger charge is -2.12. The number of amides is 1. The molecule has 0 atom stereocenters. The predicted octanol–water partition coefficient (Wildman–Crippen LogP) is 6.07. The fraction of sp³-hybridized carbons (Fsp3) is 0.310. The molecule has 4 rings (SSSR count). The highest BCUT2D eigenvalue weighted by Gasteiger charge is 2.11. The van der Waals surface area contributed by atoms with Gasteiger partial charge in [-0.3, -0.25) is 4.79 Å². The molecular formula is C29H32ClN3O2. The van der Waals surface area contributed by atoms with Gasteiger partial charge in [0, 0.05) is 24.5 Å². The molecule has 0 aliphatic heterocycles. The number of aryl methyl sites for hydroxylation is 4. The number of nitrogens with one attached hydrogen (secondary N) is 1. The molecule has 182 valence electrons. The molecule has 1 heterocycles. The van der Waals surface area contributed by atoms with Gasteiger partial charge in [0.15, 0.2) is 0 Å². The molecule has 0 radical (unpaired) electrons. The third-order valence-electron chi connectivity index (χ3n) is 6.21. The highest BCUT2D eigenvalue weighted by atomic mass is 35.5. The van der Waals surface area contributed by atoms with E-state index in [0.29, 0.717) is 24.6 Å². The summed E-state index contributed by atoms with van der Waals surface area (Å²) in [6.45, 7) is 6.29. The summed E-state index contributed by atoms with van der Waals surface area (Å²) in [5.74, 6) is 1.93. The molecule has 35 heavy (non-hydrogen) atoms. The molecule has 0 unspecified atom stereocenters. The Bertz CT molecular complexity index is 1300. The maximum absolute atomic E-state index is 12.3. The number of benzene rings is 3. The summed E-state index contributed by atoms with van der Waals surface area (Å²) in [4.78, 5) is 17.2. The van der Waals surface area contributed by atoms with Crippen LogP contribution in [0.2, 0.25) is 5.02 Å². The minimum absolute atomic E-state index is 0.0184. The summed E-state index contributed by atoms with van der Waals surface area (Å²) < 4.78 is 8.27. The van der Waals surface area contributed by atoms with Crippen LogP contribution in [0.4, 0.5) is 0 Å². The van der Waals surface area contributed by atoms with Gasteiger partial charge in [-0.2, -0.15) is 0 Å². The van der Waals surface area contributed by atoms with Crippen molar-refractivity contribution in [2.75, 3.05) is 13.2 Å². The second-order valence-electron chi connectivity index (χ2n) is 8.84. The molecule has 0 saturated heterocycles. The van der Waals surface area contributed by atoms with Gasteiger partial charge < -0.3 is 14.6 Å². The van der Waals surface area contributed by atoms with E-state index < -0.39 is 0 Å². The van der Waals surface area contributed by atoms with E-state index in [-0.39, 0.29) is 5.91 Å². The number of carbonyl (C=O) groups is 1. The molecule has 0 spiro atoms. The molecule has 5 nitrogen and oxygen atoms in total. The van der Waals surface area contributed by atoms with E-state index in [4.69, 9.17) is 21.3 Å². The molecular weight excluding hydrogens is 458 g/mol. The fourth-order valence-electron chi connectivity index (χ4n) is 4.13. The quantitative estimate of drug-likeness (QED) is 0.260. The van der Waals surface area contributed by atoms with Gasteiger partial charge in [-0.15, -0.1) is 0 Å². The van der Waals surface area contributed by atoms with Gasteiger partial charge in [0.05, 0.1) is 24.1 Å². The van der Waals surface area contributed by atoms with Crippen LogP contribution in [0, 0.1) is 13.8 Å². The number of hydrogen-bond donors (Lipinski definition) is 1. The minimum atomic E-state index is -0.0184. The third-order valence-corrected chi connectivity index (χ3v) is 6.58. The van der Waals surface area contributed by atoms with Gasteiger partial charge in [0.2, 0.25) is 5.91 Å². The van der Waals surface area contributed by atoms with Crippen molar-refractivity contribution in [3.63, 3.8) is 0 Å². The second-order valence-corrected chi connectivity index (χ2v) is 9.25. The molecule has 0 fully saturated rings. The van der Waals surface area contributed by atoms with Crippen LogP contribution in [0.5, 0.6) is 5.75 Å². The number of halogens is 1. The summed E-state index contributed by atoms with van der Waals surface area (Å²) in [5.41, 5.74) is 5.49. The molecule has 0 aliphatic carbocycles. The van der Waals surface area contributed by atoms with Crippen molar-refractivity contribution in [1.82, 2.24) is 14.9 Å². The summed E-state index contributed by atoms with van der Waals surface area (Å²) in [7, 11) is 0. The zero-order valence-corrected chi connectivity index (χ0v) is 21.1. The van der Waals surface area contributed by atoms with Crippen molar-refractivity contribution in [2.24, 2.45) is 0 Å². The first-order valence-corrected chi connectivity index (χ1v) is 12.5. The number of aromatic nitrogens is 2. The lowest BCUT2D eigenvalue weighted by atomic mass is 10.1. The molecule has 3 aromatic carbocycles. The zero-order valence-electron chi connectivity index (χ0n) is 20.4. The number of carbonyl (C=O) groups excluding carboxylic acids is 1. The van der Waals surface area contributed by atoms with Crippen molar-refractivity contribution >= 4 is 28.5 Å². The van der Waals surface area contributed by atoms with Crippen LogP contribution in [-0.2, 0) is 24.2 Å². The highest BCUT2D eigenvalue weighted by Crippen LogP contribution is 2.20. The van der Waals surface area contributed by atoms with Crippen LogP contribution in [-0.4, -0.2) is 28.6 Å². The maximum Gasteiger partial charge on any atom is 0.224 e. The third kappa shape index (κ3) is 6.64. The summed E-state index contributed by atoms with van der Waals surface area (Å²) >= 11 is 6.17. The highest BCUT2D eigenvalue weighted by molar-refractivity contribution is 6.31. The lowest BCUT2D eigenvalue weighted by molar-refractivity contribution is -0.120. The lowest BCUT2D eigenvalue weighted by Crippen LogP contribution is -2.26. The topological polar surface area (TPSA) is 56.1 Å². The summed E-state index contributed by atoms with van der Waals surface area (Å²) in [5, 5.41) is 3.63. The van der Waals surface area contributed by atoms with Gasteiger partial charge >= 0.3 is 0 Å². The minimum Gasteiger partial charge on any atom is -0.494 e. The summed E-state index contributed by atoms with van der Waals surface area (Å²) in [6.07, 6.45) is 2.78. The van der Waals surface area contributed by atoms with E-state index in [2.05, 4.69) is 41.9 Å². The monoisotopic (exact) mass is 489 g/mol. The van der Waals surface area contributed by atoms with Crippen molar-refractivity contribution < 1.29 is 9.53 Å². The van der Waals surface area contributed by atoms with Crippen LogP contribution in [0.25, 0.3) is 11.0 Å². The van der Waals surface area contributed by atoms with Crippen molar-refractivity contribution in [3.05, 3.63) is 94.3 Å². The Kier molecular flexibility index (Phi) is 8.43. The molecule has 1 N–H and O–H groups in total. The smallest absolute Gasteiger partial charge is 0.224 e. The normalized spacial score (nSPS) is 11.1. The Morgan fingerprint density at radius 1 is 1.00 bits per heavy atom.